The van der Waals surface area contributed by atoms with Crippen LogP contribution in [0.25, 0.3) is 5.76 Å². The van der Waals surface area contributed by atoms with Crippen molar-refractivity contribution in [3.05, 3.63) is 94.6 Å². The first-order chi connectivity index (χ1) is 17.4. The lowest BCUT2D eigenvalue weighted by atomic mass is 9.85. The Morgan fingerprint density at radius 2 is 1.65 bits per heavy atom. The molecule has 4 rings (SSSR count). The molecule has 0 bridgehead atoms. The number of rotatable bonds is 5. The van der Waals surface area contributed by atoms with Gasteiger partial charge in [0.25, 0.3) is 11.7 Å². The molecule has 1 aliphatic rings. The highest BCUT2D eigenvalue weighted by Crippen LogP contribution is 2.44. The summed E-state index contributed by atoms with van der Waals surface area (Å²) in [4.78, 5) is 28.4. The van der Waals surface area contributed by atoms with Gasteiger partial charge < -0.3 is 14.9 Å². The third-order valence-corrected chi connectivity index (χ3v) is 6.79. The molecule has 2 N–H and O–H groups in total. The number of anilines is 1. The van der Waals surface area contributed by atoms with Gasteiger partial charge in [-0.2, -0.15) is 0 Å². The second-order valence-corrected chi connectivity index (χ2v) is 10.7. The molecule has 0 aromatic heterocycles. The van der Waals surface area contributed by atoms with Crippen LogP contribution in [0.2, 0.25) is 0 Å². The lowest BCUT2D eigenvalue weighted by Gasteiger charge is -2.26. The van der Waals surface area contributed by atoms with Gasteiger partial charge in [0.05, 0.1) is 24.3 Å². The molecule has 6 heteroatoms. The summed E-state index contributed by atoms with van der Waals surface area (Å²) in [6.07, 6.45) is 0. The molecule has 1 unspecified atom stereocenters. The first kappa shape index (κ1) is 26.0. The lowest BCUT2D eigenvalue weighted by Crippen LogP contribution is -2.29. The molecule has 0 radical (unpaired) electrons. The zero-order chi connectivity index (χ0) is 27.1. The molecule has 3 aromatic carbocycles. The van der Waals surface area contributed by atoms with Crippen LogP contribution in [0.4, 0.5) is 5.69 Å². The van der Waals surface area contributed by atoms with Gasteiger partial charge in [-0.15, -0.1) is 0 Å². The van der Waals surface area contributed by atoms with E-state index >= 15 is 0 Å². The maximum Gasteiger partial charge on any atom is 0.300 e. The van der Waals surface area contributed by atoms with Crippen molar-refractivity contribution in [3.8, 4) is 11.5 Å². The van der Waals surface area contributed by atoms with Gasteiger partial charge in [0.15, 0.2) is 0 Å². The highest BCUT2D eigenvalue weighted by Gasteiger charge is 2.47. The Bertz CT molecular complexity index is 1380. The van der Waals surface area contributed by atoms with Gasteiger partial charge in [-0.25, -0.2) is 0 Å². The number of hydrogen-bond acceptors (Lipinski definition) is 5. The minimum Gasteiger partial charge on any atom is -0.508 e. The van der Waals surface area contributed by atoms with Gasteiger partial charge in [0.1, 0.15) is 17.3 Å². The van der Waals surface area contributed by atoms with Crippen LogP contribution in [-0.2, 0) is 15.0 Å². The minimum atomic E-state index is -0.944. The van der Waals surface area contributed by atoms with Crippen LogP contribution < -0.4 is 9.64 Å². The van der Waals surface area contributed by atoms with E-state index in [0.717, 1.165) is 11.1 Å². The molecule has 37 heavy (non-hydrogen) atoms. The maximum atomic E-state index is 13.5. The Labute approximate surface area is 217 Å². The minimum absolute atomic E-state index is 0.00875. The first-order valence-corrected chi connectivity index (χ1v) is 12.3. The number of hydrogen-bond donors (Lipinski definition) is 2. The van der Waals surface area contributed by atoms with Crippen LogP contribution in [0.5, 0.6) is 11.5 Å². The number of carbonyl (C=O) groups excluding carboxylic acids is 2. The third-order valence-electron chi connectivity index (χ3n) is 6.79. The summed E-state index contributed by atoms with van der Waals surface area (Å²) in [5, 5.41) is 21.9. The molecule has 1 saturated heterocycles. The summed E-state index contributed by atoms with van der Waals surface area (Å²) >= 11 is 0. The van der Waals surface area contributed by atoms with E-state index in [9.17, 15) is 19.8 Å². The first-order valence-electron chi connectivity index (χ1n) is 12.3. The lowest BCUT2D eigenvalue weighted by molar-refractivity contribution is -0.132. The van der Waals surface area contributed by atoms with Gasteiger partial charge in [-0.3, -0.25) is 14.5 Å². The fraction of sp³-hybridized carbons (Fsp3) is 0.290. The SMILES string of the molecule is COc1ccc(C(C)(C)C)cc1/C(O)=C1\C(=O)C(=O)N(c2ccc(C(C)C)cc2)C1c1cccc(O)c1. The highest BCUT2D eigenvalue weighted by molar-refractivity contribution is 6.51. The Kier molecular flexibility index (Phi) is 6.87. The molecule has 0 saturated carbocycles. The average molecular weight is 500 g/mol. The second kappa shape index (κ2) is 9.77. The molecule has 192 valence electrons. The molecule has 1 heterocycles. The van der Waals surface area contributed by atoms with E-state index in [-0.39, 0.29) is 22.5 Å². The maximum absolute atomic E-state index is 13.5. The van der Waals surface area contributed by atoms with Crippen molar-refractivity contribution < 1.29 is 24.5 Å². The number of phenolic OH excluding ortho intramolecular Hbond substituents is 1. The van der Waals surface area contributed by atoms with Crippen LogP contribution in [0, 0.1) is 0 Å². The topological polar surface area (TPSA) is 87.1 Å². The summed E-state index contributed by atoms with van der Waals surface area (Å²) in [5.74, 6) is -1.21. The number of amides is 1. The number of Topliss-reactive ketones (excluding diaryl/α,β-unsaturated/α-hetero) is 1. The Morgan fingerprint density at radius 3 is 2.22 bits per heavy atom. The third kappa shape index (κ3) is 4.84. The van der Waals surface area contributed by atoms with E-state index in [1.165, 1.54) is 24.1 Å². The van der Waals surface area contributed by atoms with Gasteiger partial charge in [0, 0.05) is 5.69 Å². The van der Waals surface area contributed by atoms with Crippen LogP contribution in [0.3, 0.4) is 0 Å². The molecule has 1 amide bonds. The predicted octanol–water partition coefficient (Wildman–Crippen LogP) is 6.45. The predicted molar refractivity (Wildman–Crippen MR) is 145 cm³/mol. The monoisotopic (exact) mass is 499 g/mol. The number of aliphatic hydroxyl groups is 1. The smallest absolute Gasteiger partial charge is 0.300 e. The van der Waals surface area contributed by atoms with Gasteiger partial charge in [0.2, 0.25) is 0 Å². The summed E-state index contributed by atoms with van der Waals surface area (Å²) in [6.45, 7) is 10.3. The van der Waals surface area contributed by atoms with Gasteiger partial charge in [-0.05, 0) is 64.4 Å². The quantitative estimate of drug-likeness (QED) is 0.239. The molecule has 1 fully saturated rings. The second-order valence-electron chi connectivity index (χ2n) is 10.7. The van der Waals surface area contributed by atoms with E-state index in [0.29, 0.717) is 28.5 Å². The summed E-state index contributed by atoms with van der Waals surface area (Å²) < 4.78 is 5.52. The fourth-order valence-corrected chi connectivity index (χ4v) is 4.63. The van der Waals surface area contributed by atoms with Crippen molar-refractivity contribution in [2.75, 3.05) is 12.0 Å². The van der Waals surface area contributed by atoms with E-state index in [1.54, 1.807) is 36.4 Å². The number of methoxy groups -OCH3 is 1. The summed E-state index contributed by atoms with van der Waals surface area (Å²) in [5.41, 5.74) is 3.09. The summed E-state index contributed by atoms with van der Waals surface area (Å²) in [7, 11) is 1.49. The van der Waals surface area contributed by atoms with Crippen molar-refractivity contribution >= 4 is 23.1 Å². The van der Waals surface area contributed by atoms with E-state index in [2.05, 4.69) is 13.8 Å². The van der Waals surface area contributed by atoms with Crippen molar-refractivity contribution in [2.45, 2.75) is 52.0 Å². The van der Waals surface area contributed by atoms with Crippen molar-refractivity contribution in [1.82, 2.24) is 0 Å². The number of ether oxygens (including phenoxy) is 1. The fourth-order valence-electron chi connectivity index (χ4n) is 4.63. The Hall–Kier alpha value is -4.06. The summed E-state index contributed by atoms with van der Waals surface area (Å²) in [6, 6.07) is 18.4. The van der Waals surface area contributed by atoms with Crippen molar-refractivity contribution in [1.29, 1.82) is 0 Å². The van der Waals surface area contributed by atoms with Crippen LogP contribution in [-0.4, -0.2) is 29.0 Å². The van der Waals surface area contributed by atoms with Gasteiger partial charge >= 0.3 is 0 Å². The zero-order valence-corrected chi connectivity index (χ0v) is 22.1. The molecule has 3 aromatic rings. The normalized spacial score (nSPS) is 17.5. The zero-order valence-electron chi connectivity index (χ0n) is 22.1. The molecule has 0 aliphatic carbocycles. The Morgan fingerprint density at radius 1 is 0.973 bits per heavy atom. The number of phenols is 1. The molecule has 1 atom stereocenters. The average Bonchev–Trinajstić information content (AvgIpc) is 3.13. The number of aromatic hydroxyl groups is 1. The highest BCUT2D eigenvalue weighted by atomic mass is 16.5. The molecule has 1 aliphatic heterocycles. The number of nitrogens with zero attached hydrogens (tertiary/aromatic N) is 1. The Balaban J connectivity index is 1.97. The largest absolute Gasteiger partial charge is 0.508 e. The van der Waals surface area contributed by atoms with E-state index in [1.807, 2.05) is 39.0 Å². The molecular formula is C31H33NO5. The van der Waals surface area contributed by atoms with E-state index in [4.69, 9.17) is 4.74 Å². The molecule has 0 spiro atoms. The molecule has 6 nitrogen and oxygen atoms in total. The van der Waals surface area contributed by atoms with Crippen LogP contribution >= 0.6 is 0 Å². The van der Waals surface area contributed by atoms with Gasteiger partial charge in [-0.1, -0.05) is 65.0 Å². The van der Waals surface area contributed by atoms with Crippen LogP contribution in [0.1, 0.15) is 68.8 Å². The number of aliphatic hydroxyl groups excluding tert-OH is 1. The van der Waals surface area contributed by atoms with Crippen LogP contribution in [0.15, 0.2) is 72.3 Å². The standard InChI is InChI=1S/C31H33NO5/c1-18(2)19-10-13-22(14-11-19)32-27(20-8-7-9-23(33)16-20)26(29(35)30(32)36)28(34)24-17-21(31(3,4)5)12-15-25(24)37-6/h7-18,27,33-34H,1-6H3/b28-26+. The number of carbonyl (C=O) groups is 2. The number of ketones is 1. The van der Waals surface area contributed by atoms with Crippen molar-refractivity contribution in [3.63, 3.8) is 0 Å². The molecular weight excluding hydrogens is 466 g/mol. The number of benzene rings is 3. The van der Waals surface area contributed by atoms with Crippen molar-refractivity contribution in [2.24, 2.45) is 0 Å². The van der Waals surface area contributed by atoms with E-state index < -0.39 is 17.7 Å².